The fourth-order valence-corrected chi connectivity index (χ4v) is 4.45. The number of para-hydroxylation sites is 1. The van der Waals surface area contributed by atoms with Crippen molar-refractivity contribution < 1.29 is 0 Å². The van der Waals surface area contributed by atoms with Gasteiger partial charge in [-0.15, -0.1) is 11.3 Å². The van der Waals surface area contributed by atoms with E-state index in [1.54, 1.807) is 17.5 Å². The summed E-state index contributed by atoms with van der Waals surface area (Å²) < 4.78 is 0. The van der Waals surface area contributed by atoms with Gasteiger partial charge in [0.1, 0.15) is 5.69 Å². The van der Waals surface area contributed by atoms with Gasteiger partial charge in [-0.2, -0.15) is 0 Å². The highest BCUT2D eigenvalue weighted by atomic mass is 32.1. The van der Waals surface area contributed by atoms with Crippen molar-refractivity contribution in [1.29, 1.82) is 0 Å². The zero-order chi connectivity index (χ0) is 29.8. The second-order valence-corrected chi connectivity index (χ2v) is 10.6. The standard InChI is InChI=1S/C17H32N2.C15H13N3S.CH5N/c1-7-10-16(3)11-9-12-17(4)15-19(8-2)14-13-18(5)6;1-11-6-2-3-7-12(11)17-15-18-14(10-19-15)13-8-4-5-9-16-13;1-2/h7,9-10,12,17H,1,8,11,13-15H2,2-6H3;2-10H,1H3,(H,17,18);2H2,1H3/b12-9-,16-10-;;. The van der Waals surface area contributed by atoms with Gasteiger partial charge in [-0.25, -0.2) is 4.98 Å². The topological polar surface area (TPSA) is 70.3 Å². The third-order valence-electron chi connectivity index (χ3n) is 5.98. The highest BCUT2D eigenvalue weighted by molar-refractivity contribution is 7.14. The van der Waals surface area contributed by atoms with Crippen LogP contribution in [0.4, 0.5) is 10.8 Å². The van der Waals surface area contributed by atoms with Gasteiger partial charge in [0, 0.05) is 36.9 Å². The number of aromatic nitrogens is 2. The van der Waals surface area contributed by atoms with Crippen LogP contribution in [-0.4, -0.2) is 67.1 Å². The van der Waals surface area contributed by atoms with Gasteiger partial charge in [-0.05, 0) is 77.6 Å². The summed E-state index contributed by atoms with van der Waals surface area (Å²) >= 11 is 1.59. The van der Waals surface area contributed by atoms with E-state index in [2.05, 4.69) is 110 Å². The molecule has 218 valence electrons. The van der Waals surface area contributed by atoms with E-state index in [0.29, 0.717) is 5.92 Å². The third kappa shape index (κ3) is 14.3. The number of hydrogen-bond acceptors (Lipinski definition) is 7. The number of allylic oxidation sites excluding steroid dienone is 4. The summed E-state index contributed by atoms with van der Waals surface area (Å²) in [5.74, 6) is 0.610. The second kappa shape index (κ2) is 20.8. The maximum atomic E-state index is 4.56. The largest absolute Gasteiger partial charge is 0.333 e. The zero-order valence-corrected chi connectivity index (χ0v) is 26.4. The maximum Gasteiger partial charge on any atom is 0.187 e. The number of nitrogens with two attached hydrogens (primary N) is 1. The summed E-state index contributed by atoms with van der Waals surface area (Å²) in [5, 5.41) is 6.24. The summed E-state index contributed by atoms with van der Waals surface area (Å²) in [4.78, 5) is 13.6. The molecule has 6 nitrogen and oxygen atoms in total. The quantitative estimate of drug-likeness (QED) is 0.167. The van der Waals surface area contributed by atoms with Gasteiger partial charge in [0.2, 0.25) is 0 Å². The molecule has 0 aliphatic heterocycles. The van der Waals surface area contributed by atoms with Crippen molar-refractivity contribution in [2.24, 2.45) is 11.7 Å². The zero-order valence-electron chi connectivity index (χ0n) is 25.6. The number of pyridine rings is 1. The molecule has 1 atom stereocenters. The van der Waals surface area contributed by atoms with Crippen LogP contribution in [-0.2, 0) is 0 Å². The number of nitrogens with zero attached hydrogens (tertiary/aromatic N) is 4. The number of anilines is 2. The minimum Gasteiger partial charge on any atom is -0.333 e. The first-order chi connectivity index (χ1) is 19.3. The average molecular weight is 563 g/mol. The van der Waals surface area contributed by atoms with Crippen molar-refractivity contribution >= 4 is 22.2 Å². The Hall–Kier alpha value is -3.10. The fraction of sp³-hybridized carbons (Fsp3) is 0.394. The van der Waals surface area contributed by atoms with Crippen molar-refractivity contribution in [3.63, 3.8) is 0 Å². The van der Waals surface area contributed by atoms with Crippen LogP contribution in [0.2, 0.25) is 0 Å². The summed E-state index contributed by atoms with van der Waals surface area (Å²) in [5.41, 5.74) is 9.96. The van der Waals surface area contributed by atoms with Gasteiger partial charge in [0.05, 0.1) is 5.69 Å². The number of likely N-dealkylation sites (N-methyl/N-ethyl adjacent to an activating group) is 2. The Kier molecular flexibility index (Phi) is 18.1. The van der Waals surface area contributed by atoms with Crippen LogP contribution in [0.15, 0.2) is 90.5 Å². The van der Waals surface area contributed by atoms with Crippen LogP contribution in [0, 0.1) is 12.8 Å². The summed E-state index contributed by atoms with van der Waals surface area (Å²) in [7, 11) is 5.76. The third-order valence-corrected chi connectivity index (χ3v) is 6.74. The smallest absolute Gasteiger partial charge is 0.187 e. The molecule has 0 saturated carbocycles. The lowest BCUT2D eigenvalue weighted by molar-refractivity contribution is 0.235. The monoisotopic (exact) mass is 562 g/mol. The molecule has 0 radical (unpaired) electrons. The van der Waals surface area contributed by atoms with Crippen molar-refractivity contribution in [3.05, 3.63) is 96.1 Å². The molecule has 3 N–H and O–H groups in total. The van der Waals surface area contributed by atoms with Crippen LogP contribution < -0.4 is 11.1 Å². The van der Waals surface area contributed by atoms with E-state index < -0.39 is 0 Å². The van der Waals surface area contributed by atoms with E-state index in [0.717, 1.165) is 54.8 Å². The lowest BCUT2D eigenvalue weighted by Crippen LogP contribution is -2.34. The minimum absolute atomic E-state index is 0.610. The lowest BCUT2D eigenvalue weighted by Gasteiger charge is -2.24. The van der Waals surface area contributed by atoms with Gasteiger partial charge in [0.15, 0.2) is 5.13 Å². The molecule has 1 aromatic carbocycles. The predicted molar refractivity (Wildman–Crippen MR) is 177 cm³/mol. The number of hydrogen-bond donors (Lipinski definition) is 2. The van der Waals surface area contributed by atoms with Gasteiger partial charge in [-0.1, -0.05) is 74.6 Å². The molecule has 7 heteroatoms. The molecule has 0 bridgehead atoms. The average Bonchev–Trinajstić information content (AvgIpc) is 3.43. The normalized spacial score (nSPS) is 12.0. The molecule has 0 fully saturated rings. The van der Waals surface area contributed by atoms with Crippen molar-refractivity contribution in [1.82, 2.24) is 19.8 Å². The summed E-state index contributed by atoms with van der Waals surface area (Å²) in [6.45, 7) is 17.0. The number of benzene rings is 1. The van der Waals surface area contributed by atoms with Gasteiger partial charge < -0.3 is 20.9 Å². The van der Waals surface area contributed by atoms with Gasteiger partial charge >= 0.3 is 0 Å². The van der Waals surface area contributed by atoms with Gasteiger partial charge in [0.25, 0.3) is 0 Å². The minimum atomic E-state index is 0.610. The molecule has 0 spiro atoms. The second-order valence-electron chi connectivity index (χ2n) is 9.75. The Morgan fingerprint density at radius 3 is 2.45 bits per heavy atom. The first-order valence-corrected chi connectivity index (χ1v) is 14.8. The first-order valence-electron chi connectivity index (χ1n) is 13.9. The van der Waals surface area contributed by atoms with E-state index in [4.69, 9.17) is 0 Å². The molecule has 2 aromatic heterocycles. The Bertz CT molecular complexity index is 1140. The number of rotatable bonds is 13. The molecule has 0 saturated heterocycles. The molecule has 1 unspecified atom stereocenters. The van der Waals surface area contributed by atoms with Crippen LogP contribution in [0.5, 0.6) is 0 Å². The summed E-state index contributed by atoms with van der Waals surface area (Å²) in [6, 6.07) is 14.0. The van der Waals surface area contributed by atoms with Crippen LogP contribution in [0.25, 0.3) is 11.4 Å². The fourth-order valence-electron chi connectivity index (χ4n) is 3.73. The Morgan fingerprint density at radius 2 is 1.82 bits per heavy atom. The number of aryl methyl sites for hydroxylation is 1. The molecule has 0 aliphatic carbocycles. The van der Waals surface area contributed by atoms with Gasteiger partial charge in [-0.3, -0.25) is 4.98 Å². The Balaban J connectivity index is 0.000000377. The summed E-state index contributed by atoms with van der Waals surface area (Å²) in [6.07, 6.45) is 11.3. The number of nitrogens with one attached hydrogen (secondary N) is 1. The van der Waals surface area contributed by atoms with Crippen molar-refractivity contribution in [3.8, 4) is 11.4 Å². The molecule has 0 aliphatic rings. The molecule has 40 heavy (non-hydrogen) atoms. The molecule has 3 rings (SSSR count). The van der Waals surface area contributed by atoms with Crippen molar-refractivity contribution in [2.45, 2.75) is 34.1 Å². The first kappa shape index (κ1) is 34.9. The molecule has 3 aromatic rings. The molecular weight excluding hydrogens is 512 g/mol. The highest BCUT2D eigenvalue weighted by Crippen LogP contribution is 2.27. The van der Waals surface area contributed by atoms with Crippen LogP contribution in [0.1, 0.15) is 32.8 Å². The maximum absolute atomic E-state index is 4.56. The Morgan fingerprint density at radius 1 is 1.10 bits per heavy atom. The molecule has 2 heterocycles. The van der Waals surface area contributed by atoms with E-state index >= 15 is 0 Å². The molecule has 0 amide bonds. The highest BCUT2D eigenvalue weighted by Gasteiger charge is 2.07. The number of thiazole rings is 1. The molecular formula is C33H50N6S. The predicted octanol–water partition coefficient (Wildman–Crippen LogP) is 7.42. The van der Waals surface area contributed by atoms with Crippen LogP contribution >= 0.6 is 11.3 Å². The van der Waals surface area contributed by atoms with E-state index in [1.807, 2.05) is 41.8 Å². The van der Waals surface area contributed by atoms with E-state index in [1.165, 1.54) is 18.2 Å². The SMILES string of the molecule is C=C/C=C(/C)C/C=C\C(C)CN(CC)CCN(C)C.CN.Cc1ccccc1Nc1nc(-c2ccccn2)cs1. The lowest BCUT2D eigenvalue weighted by atomic mass is 10.1. The van der Waals surface area contributed by atoms with E-state index in [-0.39, 0.29) is 0 Å². The van der Waals surface area contributed by atoms with Crippen LogP contribution in [0.3, 0.4) is 0 Å². The van der Waals surface area contributed by atoms with E-state index in [9.17, 15) is 0 Å². The Labute approximate surface area is 247 Å². The van der Waals surface area contributed by atoms with Crippen molar-refractivity contribution in [2.75, 3.05) is 52.6 Å².